The zero-order valence-corrected chi connectivity index (χ0v) is 13.9. The third kappa shape index (κ3) is 3.84. The molecule has 22 heavy (non-hydrogen) atoms. The molecule has 2 rings (SSSR count). The molecule has 1 fully saturated rings. The fourth-order valence-electron chi connectivity index (χ4n) is 2.62. The highest BCUT2D eigenvalue weighted by Gasteiger charge is 2.40. The average Bonchev–Trinajstić information content (AvgIpc) is 2.64. The number of rotatable bonds is 2. The maximum atomic E-state index is 11.3. The van der Waals surface area contributed by atoms with Crippen LogP contribution in [0, 0.1) is 5.92 Å². The first-order chi connectivity index (χ1) is 10.2. The van der Waals surface area contributed by atoms with Crippen LogP contribution >= 0.6 is 23.2 Å². The minimum Gasteiger partial charge on any atom is -0.465 e. The second-order valence-electron chi connectivity index (χ2n) is 5.95. The van der Waals surface area contributed by atoms with Crippen LogP contribution in [0.2, 0.25) is 10.0 Å². The van der Waals surface area contributed by atoms with Gasteiger partial charge in [-0.05, 0) is 31.5 Å². The second-order valence-corrected chi connectivity index (χ2v) is 6.77. The molecular weight excluding hydrogens is 329 g/mol. The van der Waals surface area contributed by atoms with E-state index in [9.17, 15) is 15.0 Å². The van der Waals surface area contributed by atoms with Crippen molar-refractivity contribution in [3.8, 4) is 0 Å². The monoisotopic (exact) mass is 347 g/mol. The summed E-state index contributed by atoms with van der Waals surface area (Å²) in [7, 11) is 0. The molecule has 7 heteroatoms. The summed E-state index contributed by atoms with van der Waals surface area (Å²) in [4.78, 5) is 12.5. The molecule has 0 radical (unpaired) electrons. The number of hydrogen-bond donors (Lipinski definition) is 2. The maximum Gasteiger partial charge on any atom is 0.407 e. The molecule has 1 saturated heterocycles. The van der Waals surface area contributed by atoms with E-state index in [1.807, 2.05) is 0 Å². The lowest BCUT2D eigenvalue weighted by atomic mass is 9.82. The van der Waals surface area contributed by atoms with Crippen molar-refractivity contribution in [2.24, 2.45) is 5.92 Å². The van der Waals surface area contributed by atoms with Crippen LogP contribution in [0.4, 0.5) is 4.79 Å². The van der Waals surface area contributed by atoms with Gasteiger partial charge in [0.15, 0.2) is 0 Å². The van der Waals surface area contributed by atoms with E-state index in [1.165, 1.54) is 4.90 Å². The quantitative estimate of drug-likeness (QED) is 0.859. The van der Waals surface area contributed by atoms with E-state index in [1.54, 1.807) is 32.0 Å². The van der Waals surface area contributed by atoms with Crippen molar-refractivity contribution in [2.75, 3.05) is 19.7 Å². The van der Waals surface area contributed by atoms with E-state index >= 15 is 0 Å². The van der Waals surface area contributed by atoms with Gasteiger partial charge in [-0.1, -0.05) is 29.3 Å². The van der Waals surface area contributed by atoms with Crippen LogP contribution < -0.4 is 0 Å². The molecule has 0 bridgehead atoms. The van der Waals surface area contributed by atoms with Crippen LogP contribution in [0.25, 0.3) is 0 Å². The first-order valence-electron chi connectivity index (χ1n) is 6.97. The van der Waals surface area contributed by atoms with Gasteiger partial charge >= 0.3 is 6.09 Å². The van der Waals surface area contributed by atoms with E-state index in [2.05, 4.69) is 0 Å². The van der Waals surface area contributed by atoms with Crippen LogP contribution in [0.3, 0.4) is 0 Å². The molecule has 1 amide bonds. The average molecular weight is 348 g/mol. The molecule has 1 aliphatic rings. The number of aliphatic hydroxyl groups is 1. The van der Waals surface area contributed by atoms with Crippen molar-refractivity contribution >= 4 is 29.3 Å². The molecule has 1 aliphatic heterocycles. The third-order valence-corrected chi connectivity index (χ3v) is 4.63. The van der Waals surface area contributed by atoms with Crippen molar-refractivity contribution in [2.45, 2.75) is 25.6 Å². The molecule has 5 nitrogen and oxygen atoms in total. The standard InChI is InChI=1S/C15H19Cl2NO4/c1-15(2,21)10-8-18(14(19)20)5-6-22-13(10)9-3-4-11(16)12(17)7-9/h3-4,7,10,13,21H,5-6,8H2,1-2H3,(H,19,20)/t10-,13+/m1/s1. The Morgan fingerprint density at radius 3 is 2.59 bits per heavy atom. The van der Waals surface area contributed by atoms with Crippen LogP contribution in [0.5, 0.6) is 0 Å². The Morgan fingerprint density at radius 1 is 1.36 bits per heavy atom. The fourth-order valence-corrected chi connectivity index (χ4v) is 2.92. The maximum absolute atomic E-state index is 11.3. The summed E-state index contributed by atoms with van der Waals surface area (Å²) >= 11 is 12.0. The minimum absolute atomic E-state index is 0.184. The summed E-state index contributed by atoms with van der Waals surface area (Å²) in [5.74, 6) is -0.427. The smallest absolute Gasteiger partial charge is 0.407 e. The Labute approximate surface area is 139 Å². The van der Waals surface area contributed by atoms with Gasteiger partial charge in [-0.25, -0.2) is 4.79 Å². The first-order valence-corrected chi connectivity index (χ1v) is 7.72. The van der Waals surface area contributed by atoms with E-state index in [0.29, 0.717) is 10.0 Å². The lowest BCUT2D eigenvalue weighted by Gasteiger charge is -2.35. The fraction of sp³-hybridized carbons (Fsp3) is 0.533. The molecule has 0 aliphatic carbocycles. The first kappa shape index (κ1) is 17.3. The number of ether oxygens (including phenoxy) is 1. The van der Waals surface area contributed by atoms with Gasteiger partial charge in [0.2, 0.25) is 0 Å². The van der Waals surface area contributed by atoms with E-state index in [0.717, 1.165) is 5.56 Å². The summed E-state index contributed by atoms with van der Waals surface area (Å²) in [5.41, 5.74) is -0.344. The number of hydrogen-bond acceptors (Lipinski definition) is 3. The van der Waals surface area contributed by atoms with Crippen LogP contribution in [-0.4, -0.2) is 46.5 Å². The Morgan fingerprint density at radius 2 is 2.05 bits per heavy atom. The van der Waals surface area contributed by atoms with Gasteiger partial charge in [0.1, 0.15) is 0 Å². The summed E-state index contributed by atoms with van der Waals surface area (Å²) < 4.78 is 5.84. The number of amides is 1. The number of carboxylic acid groups (broad SMARTS) is 1. The molecule has 0 unspecified atom stereocenters. The molecule has 2 N–H and O–H groups in total. The highest BCUT2D eigenvalue weighted by molar-refractivity contribution is 6.42. The van der Waals surface area contributed by atoms with Crippen molar-refractivity contribution in [3.63, 3.8) is 0 Å². The SMILES string of the molecule is CC(C)(O)[C@@H]1CN(C(=O)O)CCO[C@H]1c1ccc(Cl)c(Cl)c1. The molecule has 0 saturated carbocycles. The van der Waals surface area contributed by atoms with E-state index in [4.69, 9.17) is 27.9 Å². The lowest BCUT2D eigenvalue weighted by molar-refractivity contribution is -0.0671. The largest absolute Gasteiger partial charge is 0.465 e. The van der Waals surface area contributed by atoms with Gasteiger partial charge < -0.3 is 19.8 Å². The summed E-state index contributed by atoms with van der Waals surface area (Å²) in [6.45, 7) is 4.00. The Hall–Kier alpha value is -1.01. The van der Waals surface area contributed by atoms with E-state index < -0.39 is 23.7 Å². The minimum atomic E-state index is -1.12. The molecule has 2 atom stereocenters. The second kappa shape index (κ2) is 6.62. The Kier molecular flexibility index (Phi) is 5.22. The summed E-state index contributed by atoms with van der Waals surface area (Å²) in [6.07, 6.45) is -1.48. The Balaban J connectivity index is 2.37. The zero-order chi connectivity index (χ0) is 16.5. The van der Waals surface area contributed by atoms with E-state index in [-0.39, 0.29) is 19.7 Å². The third-order valence-electron chi connectivity index (χ3n) is 3.89. The number of benzene rings is 1. The molecule has 1 heterocycles. The molecule has 0 spiro atoms. The topological polar surface area (TPSA) is 70.0 Å². The van der Waals surface area contributed by atoms with Crippen LogP contribution in [-0.2, 0) is 4.74 Å². The van der Waals surface area contributed by atoms with Gasteiger partial charge in [0.25, 0.3) is 0 Å². The van der Waals surface area contributed by atoms with Gasteiger partial charge in [-0.3, -0.25) is 0 Å². The van der Waals surface area contributed by atoms with Crippen LogP contribution in [0.15, 0.2) is 18.2 Å². The summed E-state index contributed by atoms with van der Waals surface area (Å²) in [5, 5.41) is 20.5. The number of nitrogens with zero attached hydrogens (tertiary/aromatic N) is 1. The predicted molar refractivity (Wildman–Crippen MR) is 84.5 cm³/mol. The lowest BCUT2D eigenvalue weighted by Crippen LogP contribution is -2.44. The van der Waals surface area contributed by atoms with Crippen molar-refractivity contribution in [1.82, 2.24) is 4.90 Å². The zero-order valence-electron chi connectivity index (χ0n) is 12.4. The molecule has 1 aromatic carbocycles. The van der Waals surface area contributed by atoms with Gasteiger partial charge in [0, 0.05) is 19.0 Å². The van der Waals surface area contributed by atoms with Gasteiger partial charge in [0.05, 0.1) is 28.4 Å². The number of halogens is 2. The van der Waals surface area contributed by atoms with Crippen molar-refractivity contribution in [1.29, 1.82) is 0 Å². The van der Waals surface area contributed by atoms with Crippen molar-refractivity contribution < 1.29 is 19.7 Å². The van der Waals surface area contributed by atoms with Gasteiger partial charge in [-0.15, -0.1) is 0 Å². The highest BCUT2D eigenvalue weighted by Crippen LogP contribution is 2.38. The summed E-state index contributed by atoms with van der Waals surface area (Å²) in [6, 6.07) is 5.15. The molecule has 0 aromatic heterocycles. The molecule has 1 aromatic rings. The van der Waals surface area contributed by atoms with Crippen molar-refractivity contribution in [3.05, 3.63) is 33.8 Å². The predicted octanol–water partition coefficient (Wildman–Crippen LogP) is 3.43. The molecule has 122 valence electrons. The normalized spacial score (nSPS) is 23.2. The Bertz CT molecular complexity index is 559. The number of carbonyl (C=O) groups is 1. The van der Waals surface area contributed by atoms with Crippen LogP contribution in [0.1, 0.15) is 25.5 Å². The molecular formula is C15H19Cl2NO4. The van der Waals surface area contributed by atoms with Gasteiger partial charge in [-0.2, -0.15) is 0 Å². The highest BCUT2D eigenvalue weighted by atomic mass is 35.5.